The van der Waals surface area contributed by atoms with Gasteiger partial charge < -0.3 is 10.1 Å². The first-order chi connectivity index (χ1) is 10.2. The van der Waals surface area contributed by atoms with Gasteiger partial charge in [0.2, 0.25) is 0 Å². The number of aromatic nitrogens is 2. The lowest BCUT2D eigenvalue weighted by Crippen LogP contribution is -2.22. The van der Waals surface area contributed by atoms with Gasteiger partial charge in [0.15, 0.2) is 0 Å². The van der Waals surface area contributed by atoms with Gasteiger partial charge in [0.1, 0.15) is 5.75 Å². The number of hydrogen-bond donors (Lipinski definition) is 1. The number of ether oxygens (including phenoxy) is 1. The zero-order chi connectivity index (χ0) is 15.1. The molecule has 112 valence electrons. The molecule has 21 heavy (non-hydrogen) atoms. The topological polar surface area (TPSA) is 47.0 Å². The van der Waals surface area contributed by atoms with Crippen LogP contribution in [0.25, 0.3) is 0 Å². The second-order valence-corrected chi connectivity index (χ2v) is 5.65. The largest absolute Gasteiger partial charge is 0.492 e. The van der Waals surface area contributed by atoms with E-state index in [-0.39, 0.29) is 6.04 Å². The van der Waals surface area contributed by atoms with Crippen LogP contribution in [-0.2, 0) is 0 Å². The van der Waals surface area contributed by atoms with Gasteiger partial charge in [-0.25, -0.2) is 0 Å². The molecular formula is C16H20BrN3O. The van der Waals surface area contributed by atoms with Gasteiger partial charge in [-0.2, -0.15) is 0 Å². The first-order valence-electron chi connectivity index (χ1n) is 7.16. The highest BCUT2D eigenvalue weighted by Gasteiger charge is 2.15. The fraction of sp³-hybridized carbons (Fsp3) is 0.375. The molecule has 1 unspecified atom stereocenters. The minimum absolute atomic E-state index is 0.0534. The number of nitrogens with zero attached hydrogens (tertiary/aromatic N) is 2. The Morgan fingerprint density at radius 3 is 2.48 bits per heavy atom. The molecule has 5 heteroatoms. The van der Waals surface area contributed by atoms with Crippen LogP contribution in [0.5, 0.6) is 5.75 Å². The lowest BCUT2D eigenvalue weighted by molar-refractivity contribution is 0.315. The van der Waals surface area contributed by atoms with Gasteiger partial charge in [0, 0.05) is 23.1 Å². The molecule has 2 aromatic heterocycles. The molecule has 0 saturated carbocycles. The van der Waals surface area contributed by atoms with Crippen molar-refractivity contribution in [1.29, 1.82) is 0 Å². The summed E-state index contributed by atoms with van der Waals surface area (Å²) in [5, 5.41) is 3.47. The second-order valence-electron chi connectivity index (χ2n) is 4.73. The molecule has 1 atom stereocenters. The summed E-state index contributed by atoms with van der Waals surface area (Å²) in [4.78, 5) is 8.54. The lowest BCUT2D eigenvalue weighted by Gasteiger charge is -2.19. The second kappa shape index (κ2) is 8.10. The van der Waals surface area contributed by atoms with E-state index in [1.165, 1.54) is 0 Å². The van der Waals surface area contributed by atoms with Crippen LogP contribution in [0, 0.1) is 0 Å². The van der Waals surface area contributed by atoms with E-state index in [1.54, 1.807) is 12.4 Å². The highest BCUT2D eigenvalue weighted by Crippen LogP contribution is 2.25. The molecule has 0 aliphatic heterocycles. The summed E-state index contributed by atoms with van der Waals surface area (Å²) in [6, 6.07) is 4.16. The molecule has 0 fully saturated rings. The molecule has 0 aliphatic carbocycles. The number of hydrogen-bond acceptors (Lipinski definition) is 4. The first kappa shape index (κ1) is 15.9. The third kappa shape index (κ3) is 4.51. The van der Waals surface area contributed by atoms with E-state index in [2.05, 4.69) is 51.1 Å². The van der Waals surface area contributed by atoms with E-state index in [0.29, 0.717) is 6.61 Å². The van der Waals surface area contributed by atoms with Gasteiger partial charge >= 0.3 is 0 Å². The van der Waals surface area contributed by atoms with Crippen LogP contribution in [0.3, 0.4) is 0 Å². The first-order valence-corrected chi connectivity index (χ1v) is 7.95. The average Bonchev–Trinajstić information content (AvgIpc) is 2.51. The summed E-state index contributed by atoms with van der Waals surface area (Å²) < 4.78 is 6.64. The molecule has 0 bridgehead atoms. The van der Waals surface area contributed by atoms with Crippen molar-refractivity contribution >= 4 is 15.9 Å². The van der Waals surface area contributed by atoms with Gasteiger partial charge in [-0.15, -0.1) is 0 Å². The Bertz CT molecular complexity index is 577. The van der Waals surface area contributed by atoms with Crippen molar-refractivity contribution in [2.24, 2.45) is 0 Å². The minimum atomic E-state index is 0.0534. The smallest absolute Gasteiger partial charge is 0.137 e. The van der Waals surface area contributed by atoms with E-state index >= 15 is 0 Å². The molecule has 0 radical (unpaired) electrons. The Morgan fingerprint density at radius 2 is 1.81 bits per heavy atom. The Labute approximate surface area is 134 Å². The van der Waals surface area contributed by atoms with Gasteiger partial charge in [-0.1, -0.05) is 13.8 Å². The van der Waals surface area contributed by atoms with E-state index in [4.69, 9.17) is 4.74 Å². The summed E-state index contributed by atoms with van der Waals surface area (Å²) >= 11 is 3.47. The van der Waals surface area contributed by atoms with Gasteiger partial charge in [0.25, 0.3) is 0 Å². The number of pyridine rings is 2. The lowest BCUT2D eigenvalue weighted by atomic mass is 10.0. The van der Waals surface area contributed by atoms with Crippen LogP contribution >= 0.6 is 15.9 Å². The van der Waals surface area contributed by atoms with Crippen molar-refractivity contribution in [2.45, 2.75) is 26.3 Å². The zero-order valence-corrected chi connectivity index (χ0v) is 13.9. The number of halogens is 1. The third-order valence-corrected chi connectivity index (χ3v) is 3.44. The molecule has 2 heterocycles. The van der Waals surface area contributed by atoms with Crippen LogP contribution in [0.4, 0.5) is 0 Å². The maximum atomic E-state index is 5.67. The molecule has 0 spiro atoms. The Balaban J connectivity index is 2.29. The number of nitrogens with one attached hydrogen (secondary N) is 1. The Hall–Kier alpha value is -1.46. The van der Waals surface area contributed by atoms with Gasteiger partial charge in [-0.05, 0) is 52.2 Å². The summed E-state index contributed by atoms with van der Waals surface area (Å²) in [6.07, 6.45) is 8.26. The molecule has 0 amide bonds. The molecule has 2 aromatic rings. The van der Waals surface area contributed by atoms with Crippen molar-refractivity contribution in [2.75, 3.05) is 13.2 Å². The summed E-state index contributed by atoms with van der Waals surface area (Å²) in [5.41, 5.74) is 2.17. The molecular weight excluding hydrogens is 330 g/mol. The minimum Gasteiger partial charge on any atom is -0.492 e. The average molecular weight is 350 g/mol. The van der Waals surface area contributed by atoms with Crippen LogP contribution in [0.2, 0.25) is 0 Å². The molecule has 2 rings (SSSR count). The van der Waals surface area contributed by atoms with E-state index in [1.807, 2.05) is 18.5 Å². The van der Waals surface area contributed by atoms with E-state index < -0.39 is 0 Å². The van der Waals surface area contributed by atoms with Crippen molar-refractivity contribution < 1.29 is 4.74 Å². The molecule has 0 aliphatic rings. The van der Waals surface area contributed by atoms with E-state index in [0.717, 1.165) is 34.3 Å². The molecule has 0 aromatic carbocycles. The van der Waals surface area contributed by atoms with Crippen molar-refractivity contribution in [3.63, 3.8) is 0 Å². The Kier molecular flexibility index (Phi) is 6.14. The molecule has 1 N–H and O–H groups in total. The van der Waals surface area contributed by atoms with Crippen LogP contribution in [-0.4, -0.2) is 23.1 Å². The van der Waals surface area contributed by atoms with Crippen molar-refractivity contribution in [1.82, 2.24) is 15.3 Å². The quantitative estimate of drug-likeness (QED) is 0.827. The van der Waals surface area contributed by atoms with Gasteiger partial charge in [0.05, 0.1) is 18.8 Å². The monoisotopic (exact) mass is 349 g/mol. The summed E-state index contributed by atoms with van der Waals surface area (Å²) in [6.45, 7) is 5.74. The third-order valence-electron chi connectivity index (χ3n) is 3.01. The molecule has 0 saturated heterocycles. The number of rotatable bonds is 7. The van der Waals surface area contributed by atoms with Crippen LogP contribution < -0.4 is 10.1 Å². The zero-order valence-electron chi connectivity index (χ0n) is 12.3. The van der Waals surface area contributed by atoms with Crippen molar-refractivity contribution in [3.8, 4) is 5.75 Å². The Morgan fingerprint density at radius 1 is 1.10 bits per heavy atom. The van der Waals surface area contributed by atoms with E-state index in [9.17, 15) is 0 Å². The maximum absolute atomic E-state index is 5.67. The summed E-state index contributed by atoms with van der Waals surface area (Å²) in [7, 11) is 0. The van der Waals surface area contributed by atoms with Gasteiger partial charge in [-0.3, -0.25) is 9.97 Å². The highest BCUT2D eigenvalue weighted by atomic mass is 79.9. The fourth-order valence-corrected chi connectivity index (χ4v) is 2.49. The predicted molar refractivity (Wildman–Crippen MR) is 87.5 cm³/mol. The summed E-state index contributed by atoms with van der Waals surface area (Å²) in [5.74, 6) is 0.806. The standard InChI is InChI=1S/C16H20BrN3O/c1-3-5-21-15-7-13(9-19-11-15)16(20-4-2)12-6-14(17)10-18-8-12/h6-11,16,20H,3-5H2,1-2H3. The predicted octanol–water partition coefficient (Wildman–Crippen LogP) is 3.73. The van der Waals surface area contributed by atoms with Crippen LogP contribution in [0.1, 0.15) is 37.4 Å². The fourth-order valence-electron chi connectivity index (χ4n) is 2.11. The molecule has 4 nitrogen and oxygen atoms in total. The SMILES string of the molecule is CCCOc1cncc(C(NCC)c2cncc(Br)c2)c1. The highest BCUT2D eigenvalue weighted by molar-refractivity contribution is 9.10. The van der Waals surface area contributed by atoms with Crippen molar-refractivity contribution in [3.05, 3.63) is 52.5 Å². The van der Waals surface area contributed by atoms with Crippen LogP contribution in [0.15, 0.2) is 41.4 Å². The maximum Gasteiger partial charge on any atom is 0.137 e. The normalized spacial score (nSPS) is 12.1.